The second-order valence-electron chi connectivity index (χ2n) is 4.73. The van der Waals surface area contributed by atoms with Crippen LogP contribution in [0.2, 0.25) is 0 Å². The van der Waals surface area contributed by atoms with E-state index >= 15 is 0 Å². The second kappa shape index (κ2) is 7.43. The molecule has 0 saturated carbocycles. The summed E-state index contributed by atoms with van der Waals surface area (Å²) in [5.74, 6) is 0.0509. The van der Waals surface area contributed by atoms with E-state index in [1.165, 1.54) is 12.1 Å². The van der Waals surface area contributed by atoms with Gasteiger partial charge in [0.2, 0.25) is 5.91 Å². The molecule has 2 rings (SSSR count). The first-order chi connectivity index (χ1) is 10.2. The smallest absolute Gasteiger partial charge is 0.227 e. The van der Waals surface area contributed by atoms with Crippen molar-refractivity contribution >= 4 is 5.91 Å². The minimum atomic E-state index is -0.299. The van der Waals surface area contributed by atoms with Crippen molar-refractivity contribution in [1.29, 1.82) is 0 Å². The summed E-state index contributed by atoms with van der Waals surface area (Å²) >= 11 is 0. The van der Waals surface area contributed by atoms with Crippen LogP contribution >= 0.6 is 0 Å². The third-order valence-corrected chi connectivity index (χ3v) is 3.18. The normalized spacial score (nSPS) is 11.7. The summed E-state index contributed by atoms with van der Waals surface area (Å²) in [5, 5.41) is 2.82. The molecule has 4 heteroatoms. The molecule has 2 aromatic carbocycles. The van der Waals surface area contributed by atoms with Crippen LogP contribution in [-0.4, -0.2) is 19.1 Å². The van der Waals surface area contributed by atoms with Gasteiger partial charge in [-0.1, -0.05) is 30.3 Å². The molecule has 3 nitrogen and oxygen atoms in total. The van der Waals surface area contributed by atoms with Gasteiger partial charge < -0.3 is 10.1 Å². The lowest BCUT2D eigenvalue weighted by molar-refractivity contribution is -0.122. The van der Waals surface area contributed by atoms with Gasteiger partial charge in [-0.05, 0) is 36.8 Å². The molecule has 2 aromatic rings. The van der Waals surface area contributed by atoms with Gasteiger partial charge in [-0.15, -0.1) is 0 Å². The summed E-state index contributed by atoms with van der Waals surface area (Å²) in [6.45, 7) is 2.62. The van der Waals surface area contributed by atoms with Crippen LogP contribution in [0, 0.1) is 5.82 Å². The predicted molar refractivity (Wildman–Crippen MR) is 79.8 cm³/mol. The van der Waals surface area contributed by atoms with Gasteiger partial charge in [0, 0.05) is 0 Å². The Hall–Kier alpha value is -2.36. The highest BCUT2D eigenvalue weighted by Crippen LogP contribution is 2.14. The Balaban J connectivity index is 1.73. The van der Waals surface area contributed by atoms with Crippen LogP contribution in [0.1, 0.15) is 18.4 Å². The van der Waals surface area contributed by atoms with Crippen molar-refractivity contribution in [2.45, 2.75) is 12.8 Å². The van der Waals surface area contributed by atoms with Crippen molar-refractivity contribution in [1.82, 2.24) is 5.32 Å². The van der Waals surface area contributed by atoms with E-state index in [9.17, 15) is 9.18 Å². The zero-order valence-electron chi connectivity index (χ0n) is 11.9. The highest BCUT2D eigenvalue weighted by molar-refractivity contribution is 5.83. The van der Waals surface area contributed by atoms with Gasteiger partial charge in [0.05, 0.1) is 12.5 Å². The number of nitrogens with one attached hydrogen (secondary N) is 1. The first kappa shape index (κ1) is 15.0. The molecule has 1 unspecified atom stereocenters. The number of ether oxygens (including phenoxy) is 1. The molecule has 1 N–H and O–H groups in total. The standard InChI is InChI=1S/C17H18FNO2/c1-13(14-5-3-2-4-6-14)17(20)19-11-12-21-16-9-7-15(18)8-10-16/h2-10,13H,11-12H2,1H3,(H,19,20). The fourth-order valence-corrected chi connectivity index (χ4v) is 1.92. The maximum atomic E-state index is 12.7. The molecular weight excluding hydrogens is 269 g/mol. The summed E-state index contributed by atoms with van der Waals surface area (Å²) in [7, 11) is 0. The summed E-state index contributed by atoms with van der Waals surface area (Å²) in [5.41, 5.74) is 0.981. The van der Waals surface area contributed by atoms with E-state index in [0.29, 0.717) is 18.9 Å². The predicted octanol–water partition coefficient (Wildman–Crippen LogP) is 3.12. The fourth-order valence-electron chi connectivity index (χ4n) is 1.92. The van der Waals surface area contributed by atoms with Crippen molar-refractivity contribution in [2.24, 2.45) is 0 Å². The molecule has 0 saturated heterocycles. The van der Waals surface area contributed by atoms with Gasteiger partial charge in [0.15, 0.2) is 0 Å². The Kier molecular flexibility index (Phi) is 5.32. The SMILES string of the molecule is CC(C(=O)NCCOc1ccc(F)cc1)c1ccccc1. The lowest BCUT2D eigenvalue weighted by atomic mass is 10.0. The van der Waals surface area contributed by atoms with Gasteiger partial charge in [-0.2, -0.15) is 0 Å². The van der Waals surface area contributed by atoms with Gasteiger partial charge in [-0.3, -0.25) is 4.79 Å². The van der Waals surface area contributed by atoms with Crippen LogP contribution < -0.4 is 10.1 Å². The first-order valence-electron chi connectivity index (χ1n) is 6.88. The number of benzene rings is 2. The number of hydrogen-bond donors (Lipinski definition) is 1. The van der Waals surface area contributed by atoms with Crippen molar-refractivity contribution in [3.63, 3.8) is 0 Å². The van der Waals surface area contributed by atoms with Gasteiger partial charge in [-0.25, -0.2) is 4.39 Å². The summed E-state index contributed by atoms with van der Waals surface area (Å²) < 4.78 is 18.1. The van der Waals surface area contributed by atoms with Crippen LogP contribution in [0.4, 0.5) is 4.39 Å². The largest absolute Gasteiger partial charge is 0.492 e. The van der Waals surface area contributed by atoms with Gasteiger partial charge in [0.25, 0.3) is 0 Å². The molecule has 0 heterocycles. The molecule has 0 aliphatic heterocycles. The van der Waals surface area contributed by atoms with E-state index in [1.807, 2.05) is 37.3 Å². The average Bonchev–Trinajstić information content (AvgIpc) is 2.53. The molecule has 0 aromatic heterocycles. The number of halogens is 1. The third kappa shape index (κ3) is 4.60. The van der Waals surface area contributed by atoms with E-state index in [-0.39, 0.29) is 17.6 Å². The van der Waals surface area contributed by atoms with Crippen molar-refractivity contribution in [3.8, 4) is 5.75 Å². The molecule has 1 amide bonds. The van der Waals surface area contributed by atoms with Crippen molar-refractivity contribution in [2.75, 3.05) is 13.2 Å². The molecule has 0 spiro atoms. The molecular formula is C17H18FNO2. The van der Waals surface area contributed by atoms with E-state index in [2.05, 4.69) is 5.32 Å². The fraction of sp³-hybridized carbons (Fsp3) is 0.235. The lowest BCUT2D eigenvalue weighted by Gasteiger charge is -2.13. The van der Waals surface area contributed by atoms with Gasteiger partial charge in [0.1, 0.15) is 18.2 Å². The number of carbonyl (C=O) groups excluding carboxylic acids is 1. The van der Waals surface area contributed by atoms with E-state index in [0.717, 1.165) is 5.56 Å². The first-order valence-corrected chi connectivity index (χ1v) is 6.88. The van der Waals surface area contributed by atoms with E-state index in [4.69, 9.17) is 4.74 Å². The van der Waals surface area contributed by atoms with Crippen LogP contribution in [0.5, 0.6) is 5.75 Å². The maximum Gasteiger partial charge on any atom is 0.227 e. The molecule has 0 radical (unpaired) electrons. The molecule has 0 fully saturated rings. The van der Waals surface area contributed by atoms with Crippen molar-refractivity contribution < 1.29 is 13.9 Å². The van der Waals surface area contributed by atoms with Gasteiger partial charge >= 0.3 is 0 Å². The number of carbonyl (C=O) groups is 1. The third-order valence-electron chi connectivity index (χ3n) is 3.18. The Morgan fingerprint density at radius 3 is 2.48 bits per heavy atom. The average molecular weight is 287 g/mol. The number of amides is 1. The zero-order chi connectivity index (χ0) is 15.1. The highest BCUT2D eigenvalue weighted by Gasteiger charge is 2.13. The Morgan fingerprint density at radius 2 is 1.81 bits per heavy atom. The summed E-state index contributed by atoms with van der Waals surface area (Å²) in [6.07, 6.45) is 0. The topological polar surface area (TPSA) is 38.3 Å². The molecule has 1 atom stereocenters. The summed E-state index contributed by atoms with van der Waals surface area (Å²) in [6, 6.07) is 15.4. The molecule has 21 heavy (non-hydrogen) atoms. The second-order valence-corrected chi connectivity index (χ2v) is 4.73. The Morgan fingerprint density at radius 1 is 1.14 bits per heavy atom. The van der Waals surface area contributed by atoms with Crippen LogP contribution in [0.25, 0.3) is 0 Å². The van der Waals surface area contributed by atoms with Crippen LogP contribution in [0.15, 0.2) is 54.6 Å². The zero-order valence-corrected chi connectivity index (χ0v) is 11.9. The molecule has 0 aliphatic rings. The van der Waals surface area contributed by atoms with Crippen LogP contribution in [0.3, 0.4) is 0 Å². The molecule has 110 valence electrons. The highest BCUT2D eigenvalue weighted by atomic mass is 19.1. The summed E-state index contributed by atoms with van der Waals surface area (Å²) in [4.78, 5) is 12.0. The van der Waals surface area contributed by atoms with E-state index in [1.54, 1.807) is 12.1 Å². The maximum absolute atomic E-state index is 12.7. The minimum Gasteiger partial charge on any atom is -0.492 e. The molecule has 0 bridgehead atoms. The van der Waals surface area contributed by atoms with Crippen LogP contribution in [-0.2, 0) is 4.79 Å². The monoisotopic (exact) mass is 287 g/mol. The Bertz CT molecular complexity index is 569. The number of hydrogen-bond acceptors (Lipinski definition) is 2. The Labute approximate surface area is 123 Å². The quantitative estimate of drug-likeness (QED) is 0.829. The minimum absolute atomic E-state index is 0.0380. The number of rotatable bonds is 6. The lowest BCUT2D eigenvalue weighted by Crippen LogP contribution is -2.31. The van der Waals surface area contributed by atoms with E-state index < -0.39 is 0 Å². The van der Waals surface area contributed by atoms with Crippen molar-refractivity contribution in [3.05, 3.63) is 66.0 Å². The molecule has 0 aliphatic carbocycles.